The lowest BCUT2D eigenvalue weighted by Gasteiger charge is -2.17. The lowest BCUT2D eigenvalue weighted by Crippen LogP contribution is -2.24. The van der Waals surface area contributed by atoms with E-state index in [1.54, 1.807) is 31.2 Å². The summed E-state index contributed by atoms with van der Waals surface area (Å²) in [7, 11) is 0. The Morgan fingerprint density at radius 3 is 2.70 bits per heavy atom. The predicted molar refractivity (Wildman–Crippen MR) is 90.7 cm³/mol. The summed E-state index contributed by atoms with van der Waals surface area (Å²) in [6.07, 6.45) is -4.73. The Labute approximate surface area is 153 Å². The maximum absolute atomic E-state index is 12.6. The number of aromatic nitrogens is 2. The lowest BCUT2D eigenvalue weighted by atomic mass is 10.0. The number of benzene rings is 1. The van der Waals surface area contributed by atoms with Gasteiger partial charge in [0.15, 0.2) is 6.10 Å². The highest BCUT2D eigenvalue weighted by atomic mass is 19.4. The van der Waals surface area contributed by atoms with Crippen LogP contribution in [-0.4, -0.2) is 39.7 Å². The fraction of sp³-hybridized carbons (Fsp3) is 0.333. The van der Waals surface area contributed by atoms with Crippen LogP contribution in [0.1, 0.15) is 18.2 Å². The molecule has 1 unspecified atom stereocenters. The van der Waals surface area contributed by atoms with E-state index >= 15 is 0 Å². The molecule has 1 heterocycles. The minimum Gasteiger partial charge on any atom is -0.487 e. The summed E-state index contributed by atoms with van der Waals surface area (Å²) in [4.78, 5) is 11.7. The van der Waals surface area contributed by atoms with Gasteiger partial charge >= 0.3 is 12.1 Å². The van der Waals surface area contributed by atoms with Gasteiger partial charge in [0.1, 0.15) is 18.9 Å². The maximum atomic E-state index is 12.6. The number of esters is 1. The molecule has 0 amide bonds. The summed E-state index contributed by atoms with van der Waals surface area (Å²) < 4.78 is 48.9. The number of carbonyl (C=O) groups excluding carboxylic acids is 1. The fourth-order valence-electron chi connectivity index (χ4n) is 2.32. The fourth-order valence-corrected chi connectivity index (χ4v) is 2.32. The van der Waals surface area contributed by atoms with Crippen molar-refractivity contribution >= 4 is 11.5 Å². The molecular weight excluding hydrogens is 365 g/mol. The second-order valence-electron chi connectivity index (χ2n) is 5.56. The standard InChI is InChI=1S/C18H19F3N2O4/c1-3-26-17(25)16(24)12(2)14-6-4-5-7-15(14)27-10-13-8-9-22-23(13)11-18(19,20)21/h4-9,16,24H,2-3,10-11H2,1H3. The molecule has 1 aromatic carbocycles. The van der Waals surface area contributed by atoms with Gasteiger partial charge in [0, 0.05) is 11.8 Å². The van der Waals surface area contributed by atoms with Gasteiger partial charge in [-0.2, -0.15) is 18.3 Å². The molecule has 0 bridgehead atoms. The average Bonchev–Trinajstić information content (AvgIpc) is 3.04. The first-order valence-corrected chi connectivity index (χ1v) is 8.06. The van der Waals surface area contributed by atoms with Crippen LogP contribution >= 0.6 is 0 Å². The smallest absolute Gasteiger partial charge is 0.408 e. The van der Waals surface area contributed by atoms with Crippen molar-refractivity contribution in [1.82, 2.24) is 9.78 Å². The van der Waals surface area contributed by atoms with Crippen molar-refractivity contribution in [2.24, 2.45) is 0 Å². The first-order chi connectivity index (χ1) is 12.7. The highest BCUT2D eigenvalue weighted by molar-refractivity contribution is 5.91. The van der Waals surface area contributed by atoms with Gasteiger partial charge in [0.05, 0.1) is 12.3 Å². The molecule has 1 atom stereocenters. The zero-order valence-electron chi connectivity index (χ0n) is 14.6. The molecule has 0 fully saturated rings. The zero-order chi connectivity index (χ0) is 20.0. The summed E-state index contributed by atoms with van der Waals surface area (Å²) in [6.45, 7) is 4.00. The summed E-state index contributed by atoms with van der Waals surface area (Å²) in [5.41, 5.74) is 0.631. The van der Waals surface area contributed by atoms with Crippen molar-refractivity contribution in [1.29, 1.82) is 0 Å². The van der Waals surface area contributed by atoms with E-state index in [1.807, 2.05) is 0 Å². The van der Waals surface area contributed by atoms with Crippen molar-refractivity contribution in [2.45, 2.75) is 32.4 Å². The van der Waals surface area contributed by atoms with E-state index < -0.39 is 24.8 Å². The van der Waals surface area contributed by atoms with E-state index in [-0.39, 0.29) is 30.2 Å². The number of aliphatic hydroxyl groups excluding tert-OH is 1. The summed E-state index contributed by atoms with van der Waals surface area (Å²) >= 11 is 0. The third kappa shape index (κ3) is 5.58. The number of para-hydroxylation sites is 1. The average molecular weight is 384 g/mol. The van der Waals surface area contributed by atoms with Gasteiger partial charge in [-0.25, -0.2) is 4.79 Å². The van der Waals surface area contributed by atoms with Crippen LogP contribution in [0, 0.1) is 0 Å². The van der Waals surface area contributed by atoms with E-state index in [0.29, 0.717) is 5.56 Å². The molecule has 0 aliphatic rings. The van der Waals surface area contributed by atoms with Crippen molar-refractivity contribution in [3.05, 3.63) is 54.4 Å². The molecule has 0 aliphatic heterocycles. The minimum atomic E-state index is -4.41. The van der Waals surface area contributed by atoms with Crippen molar-refractivity contribution in [2.75, 3.05) is 6.61 Å². The van der Waals surface area contributed by atoms with Crippen molar-refractivity contribution in [3.8, 4) is 5.75 Å². The van der Waals surface area contributed by atoms with Gasteiger partial charge in [-0.05, 0) is 24.6 Å². The third-order valence-corrected chi connectivity index (χ3v) is 3.58. The molecular formula is C18H19F3N2O4. The molecule has 2 rings (SSSR count). The maximum Gasteiger partial charge on any atom is 0.408 e. The number of hydrogen-bond donors (Lipinski definition) is 1. The Kier molecular flexibility index (Phi) is 6.62. The number of ether oxygens (including phenoxy) is 2. The Balaban J connectivity index is 2.14. The Bertz CT molecular complexity index is 802. The van der Waals surface area contributed by atoms with E-state index in [0.717, 1.165) is 4.68 Å². The second-order valence-corrected chi connectivity index (χ2v) is 5.56. The van der Waals surface area contributed by atoms with Gasteiger partial charge in [0.2, 0.25) is 0 Å². The molecule has 0 saturated carbocycles. The predicted octanol–water partition coefficient (Wildman–Crippen LogP) is 2.96. The minimum absolute atomic E-state index is 0.0628. The first kappa shape index (κ1) is 20.5. The van der Waals surface area contributed by atoms with Crippen LogP contribution in [0.15, 0.2) is 43.1 Å². The van der Waals surface area contributed by atoms with Gasteiger partial charge in [-0.1, -0.05) is 24.8 Å². The van der Waals surface area contributed by atoms with E-state index in [2.05, 4.69) is 11.7 Å². The molecule has 2 aromatic rings. The van der Waals surface area contributed by atoms with E-state index in [4.69, 9.17) is 9.47 Å². The monoisotopic (exact) mass is 384 g/mol. The number of carbonyl (C=O) groups is 1. The molecule has 9 heteroatoms. The molecule has 0 aliphatic carbocycles. The van der Waals surface area contributed by atoms with Gasteiger partial charge in [-0.3, -0.25) is 4.68 Å². The number of hydrogen-bond acceptors (Lipinski definition) is 5. The number of rotatable bonds is 8. The summed E-state index contributed by atoms with van der Waals surface area (Å²) in [5.74, 6) is -0.592. The second kappa shape index (κ2) is 8.72. The van der Waals surface area contributed by atoms with Crippen LogP contribution in [0.3, 0.4) is 0 Å². The molecule has 27 heavy (non-hydrogen) atoms. The van der Waals surface area contributed by atoms with Gasteiger partial charge in [0.25, 0.3) is 0 Å². The van der Waals surface area contributed by atoms with E-state index in [1.165, 1.54) is 12.3 Å². The van der Waals surface area contributed by atoms with Crippen molar-refractivity contribution < 1.29 is 32.5 Å². The lowest BCUT2D eigenvalue weighted by molar-refractivity contribution is -0.149. The molecule has 1 N–H and O–H groups in total. The van der Waals surface area contributed by atoms with Crippen LogP contribution in [0.2, 0.25) is 0 Å². The van der Waals surface area contributed by atoms with Crippen LogP contribution in [0.4, 0.5) is 13.2 Å². The Hall–Kier alpha value is -2.81. The van der Waals surface area contributed by atoms with E-state index in [9.17, 15) is 23.1 Å². The molecule has 0 radical (unpaired) electrons. The largest absolute Gasteiger partial charge is 0.487 e. The summed E-state index contributed by atoms with van der Waals surface area (Å²) in [5, 5.41) is 13.7. The van der Waals surface area contributed by atoms with Crippen LogP contribution in [0.25, 0.3) is 5.57 Å². The van der Waals surface area contributed by atoms with Crippen LogP contribution in [0.5, 0.6) is 5.75 Å². The summed E-state index contributed by atoms with van der Waals surface area (Å²) in [6, 6.07) is 7.85. The zero-order valence-corrected chi connectivity index (χ0v) is 14.6. The highest BCUT2D eigenvalue weighted by Crippen LogP contribution is 2.28. The van der Waals surface area contributed by atoms with Crippen molar-refractivity contribution in [3.63, 3.8) is 0 Å². The topological polar surface area (TPSA) is 73.6 Å². The quantitative estimate of drug-likeness (QED) is 0.709. The normalized spacial score (nSPS) is 12.5. The number of nitrogens with zero attached hydrogens (tertiary/aromatic N) is 2. The van der Waals surface area contributed by atoms with Crippen LogP contribution < -0.4 is 4.74 Å². The molecule has 146 valence electrons. The Morgan fingerprint density at radius 1 is 1.33 bits per heavy atom. The molecule has 1 aromatic heterocycles. The van der Waals surface area contributed by atoms with Gasteiger partial charge < -0.3 is 14.6 Å². The molecule has 0 spiro atoms. The van der Waals surface area contributed by atoms with Gasteiger partial charge in [-0.15, -0.1) is 0 Å². The third-order valence-electron chi connectivity index (χ3n) is 3.58. The highest BCUT2D eigenvalue weighted by Gasteiger charge is 2.29. The molecule has 0 saturated heterocycles. The molecule has 6 nitrogen and oxygen atoms in total. The Morgan fingerprint density at radius 2 is 2.04 bits per heavy atom. The first-order valence-electron chi connectivity index (χ1n) is 8.06. The SMILES string of the molecule is C=C(c1ccccc1OCc1ccnn1CC(F)(F)F)C(O)C(=O)OCC. The number of alkyl halides is 3. The van der Waals surface area contributed by atoms with Crippen LogP contribution in [-0.2, 0) is 22.7 Å². The number of halogens is 3. The number of aliphatic hydroxyl groups is 1.